The molecule has 0 radical (unpaired) electrons. The molecule has 2 aromatic carbocycles. The van der Waals surface area contributed by atoms with Crippen LogP contribution in [-0.4, -0.2) is 60.9 Å². The Bertz CT molecular complexity index is 1300. The number of amides is 1. The van der Waals surface area contributed by atoms with E-state index in [1.165, 1.54) is 0 Å². The molecule has 5 rings (SSSR count). The molecule has 8 nitrogen and oxygen atoms in total. The van der Waals surface area contributed by atoms with Gasteiger partial charge in [-0.3, -0.25) is 9.69 Å². The smallest absolute Gasteiger partial charge is 0.259 e. The molecule has 1 aliphatic heterocycles. The van der Waals surface area contributed by atoms with Gasteiger partial charge in [0, 0.05) is 25.2 Å². The number of nitrogens with zero attached hydrogens (tertiary/aromatic N) is 3. The average molecular weight is 473 g/mol. The fourth-order valence-electron chi connectivity index (χ4n) is 4.49. The van der Waals surface area contributed by atoms with Gasteiger partial charge in [0.25, 0.3) is 11.6 Å². The van der Waals surface area contributed by atoms with Crippen LogP contribution in [0.1, 0.15) is 27.7 Å². The molecule has 3 heterocycles. The molecule has 1 fully saturated rings. The number of methoxy groups -OCH3 is 1. The lowest BCUT2D eigenvalue weighted by Crippen LogP contribution is -2.43. The van der Waals surface area contributed by atoms with E-state index in [2.05, 4.69) is 32.5 Å². The molecule has 1 saturated heterocycles. The van der Waals surface area contributed by atoms with Gasteiger partial charge in [0.05, 0.1) is 48.7 Å². The standard InChI is InChI=1S/C27H28N4O4/c1-18-25-22(16-23(29-27(25)35-30-18)19-8-10-21(33-2)11-9-19)26(32)28-17-24(20-6-4-3-5-7-20)31-12-14-34-15-13-31/h3-11,16,24H,12-15,17H2,1-2H3,(H,28,32)/t24-/m1/s1. The van der Waals surface area contributed by atoms with Crippen LogP contribution < -0.4 is 10.1 Å². The second-order valence-corrected chi connectivity index (χ2v) is 8.52. The van der Waals surface area contributed by atoms with Crippen LogP contribution in [0, 0.1) is 6.92 Å². The summed E-state index contributed by atoms with van der Waals surface area (Å²) in [4.78, 5) is 20.5. The minimum Gasteiger partial charge on any atom is -0.497 e. The molecule has 35 heavy (non-hydrogen) atoms. The molecule has 1 amide bonds. The predicted molar refractivity (Wildman–Crippen MR) is 132 cm³/mol. The number of benzene rings is 2. The first-order chi connectivity index (χ1) is 17.1. The number of hydrogen-bond donors (Lipinski definition) is 1. The zero-order chi connectivity index (χ0) is 24.2. The van der Waals surface area contributed by atoms with Crippen LogP contribution in [0.15, 0.2) is 65.2 Å². The molecule has 1 aliphatic rings. The van der Waals surface area contributed by atoms with Gasteiger partial charge in [0.1, 0.15) is 5.75 Å². The molecular weight excluding hydrogens is 444 g/mol. The Labute approximate surface area is 203 Å². The second-order valence-electron chi connectivity index (χ2n) is 8.52. The van der Waals surface area contributed by atoms with Gasteiger partial charge in [-0.05, 0) is 42.8 Å². The molecule has 1 atom stereocenters. The number of fused-ring (bicyclic) bond motifs is 1. The summed E-state index contributed by atoms with van der Waals surface area (Å²) in [6.07, 6.45) is 0. The quantitative estimate of drug-likeness (QED) is 0.435. The molecule has 0 unspecified atom stereocenters. The third kappa shape index (κ3) is 4.89. The first kappa shape index (κ1) is 23.0. The summed E-state index contributed by atoms with van der Waals surface area (Å²) in [5.74, 6) is 0.561. The number of pyridine rings is 1. The van der Waals surface area contributed by atoms with Crippen LogP contribution in [0.3, 0.4) is 0 Å². The molecular formula is C27H28N4O4. The van der Waals surface area contributed by atoms with E-state index >= 15 is 0 Å². The minimum atomic E-state index is -0.187. The number of carbonyl (C=O) groups is 1. The van der Waals surface area contributed by atoms with E-state index < -0.39 is 0 Å². The van der Waals surface area contributed by atoms with Crippen molar-refractivity contribution in [1.82, 2.24) is 20.4 Å². The third-order valence-corrected chi connectivity index (χ3v) is 6.37. The normalized spacial score (nSPS) is 15.1. The number of nitrogens with one attached hydrogen (secondary N) is 1. The van der Waals surface area contributed by atoms with Gasteiger partial charge in [-0.15, -0.1) is 0 Å². The lowest BCUT2D eigenvalue weighted by molar-refractivity contribution is 0.0162. The molecule has 4 aromatic rings. The molecule has 0 aliphatic carbocycles. The van der Waals surface area contributed by atoms with Crippen LogP contribution in [0.5, 0.6) is 5.75 Å². The number of carbonyl (C=O) groups excluding carboxylic acids is 1. The third-order valence-electron chi connectivity index (χ3n) is 6.37. The van der Waals surface area contributed by atoms with Gasteiger partial charge in [0.15, 0.2) is 0 Å². The van der Waals surface area contributed by atoms with Gasteiger partial charge in [-0.2, -0.15) is 0 Å². The van der Waals surface area contributed by atoms with Crippen molar-refractivity contribution in [3.05, 3.63) is 77.5 Å². The minimum absolute atomic E-state index is 0.0472. The number of morpholine rings is 1. The SMILES string of the molecule is COc1ccc(-c2cc(C(=O)NC[C@H](c3ccccc3)N3CCOCC3)c3c(C)noc3n2)cc1. The van der Waals surface area contributed by atoms with Crippen molar-refractivity contribution in [3.8, 4) is 17.0 Å². The summed E-state index contributed by atoms with van der Waals surface area (Å²) in [5, 5.41) is 7.85. The number of ether oxygens (including phenoxy) is 2. The lowest BCUT2D eigenvalue weighted by Gasteiger charge is -2.35. The van der Waals surface area contributed by atoms with E-state index in [0.717, 1.165) is 30.0 Å². The summed E-state index contributed by atoms with van der Waals surface area (Å²) in [6, 6.07) is 19.6. The Balaban J connectivity index is 1.44. The number of aromatic nitrogens is 2. The number of aryl methyl sites for hydroxylation is 1. The summed E-state index contributed by atoms with van der Waals surface area (Å²) in [6.45, 7) is 5.30. The predicted octanol–water partition coefficient (Wildman–Crippen LogP) is 4.01. The van der Waals surface area contributed by atoms with Gasteiger partial charge in [-0.25, -0.2) is 4.98 Å². The van der Waals surface area contributed by atoms with Crippen molar-refractivity contribution in [2.75, 3.05) is 40.0 Å². The highest BCUT2D eigenvalue weighted by molar-refractivity contribution is 6.07. The maximum Gasteiger partial charge on any atom is 0.259 e. The monoisotopic (exact) mass is 472 g/mol. The number of rotatable bonds is 7. The van der Waals surface area contributed by atoms with Crippen LogP contribution in [0.4, 0.5) is 0 Å². The van der Waals surface area contributed by atoms with Gasteiger partial charge in [0.2, 0.25) is 0 Å². The molecule has 0 spiro atoms. The fraction of sp³-hybridized carbons (Fsp3) is 0.296. The second kappa shape index (κ2) is 10.2. The average Bonchev–Trinajstić information content (AvgIpc) is 3.30. The molecule has 180 valence electrons. The van der Waals surface area contributed by atoms with Crippen LogP contribution >= 0.6 is 0 Å². The molecule has 8 heteroatoms. The van der Waals surface area contributed by atoms with Crippen molar-refractivity contribution in [3.63, 3.8) is 0 Å². The summed E-state index contributed by atoms with van der Waals surface area (Å²) >= 11 is 0. The Hall–Kier alpha value is -3.75. The van der Waals surface area contributed by atoms with Crippen molar-refractivity contribution in [2.24, 2.45) is 0 Å². The van der Waals surface area contributed by atoms with Gasteiger partial charge >= 0.3 is 0 Å². The zero-order valence-electron chi connectivity index (χ0n) is 19.9. The van der Waals surface area contributed by atoms with E-state index in [1.807, 2.05) is 49.4 Å². The Morgan fingerprint density at radius 2 is 1.86 bits per heavy atom. The van der Waals surface area contributed by atoms with E-state index in [-0.39, 0.29) is 11.9 Å². The van der Waals surface area contributed by atoms with Crippen LogP contribution in [-0.2, 0) is 4.74 Å². The fourth-order valence-corrected chi connectivity index (χ4v) is 4.49. The van der Waals surface area contributed by atoms with Gasteiger partial charge < -0.3 is 19.3 Å². The highest BCUT2D eigenvalue weighted by Gasteiger charge is 2.25. The first-order valence-electron chi connectivity index (χ1n) is 11.7. The van der Waals surface area contributed by atoms with Crippen molar-refractivity contribution >= 4 is 17.0 Å². The maximum absolute atomic E-state index is 13.5. The Morgan fingerprint density at radius 3 is 2.57 bits per heavy atom. The molecule has 2 aromatic heterocycles. The highest BCUT2D eigenvalue weighted by atomic mass is 16.5. The van der Waals surface area contributed by atoms with Crippen LogP contribution in [0.2, 0.25) is 0 Å². The Morgan fingerprint density at radius 1 is 1.11 bits per heavy atom. The van der Waals surface area contributed by atoms with Crippen molar-refractivity contribution in [1.29, 1.82) is 0 Å². The first-order valence-corrected chi connectivity index (χ1v) is 11.7. The van der Waals surface area contributed by atoms with E-state index in [9.17, 15) is 4.79 Å². The number of hydrogen-bond acceptors (Lipinski definition) is 7. The maximum atomic E-state index is 13.5. The molecule has 1 N–H and O–H groups in total. The largest absolute Gasteiger partial charge is 0.497 e. The zero-order valence-corrected chi connectivity index (χ0v) is 19.9. The summed E-state index contributed by atoms with van der Waals surface area (Å²) < 4.78 is 16.2. The molecule has 0 saturated carbocycles. The summed E-state index contributed by atoms with van der Waals surface area (Å²) in [7, 11) is 1.62. The van der Waals surface area contributed by atoms with Gasteiger partial charge in [-0.1, -0.05) is 35.5 Å². The topological polar surface area (TPSA) is 89.7 Å². The lowest BCUT2D eigenvalue weighted by atomic mass is 10.0. The van der Waals surface area contributed by atoms with E-state index in [1.54, 1.807) is 13.2 Å². The molecule has 0 bridgehead atoms. The van der Waals surface area contributed by atoms with E-state index in [4.69, 9.17) is 14.0 Å². The van der Waals surface area contributed by atoms with Crippen molar-refractivity contribution in [2.45, 2.75) is 13.0 Å². The summed E-state index contributed by atoms with van der Waals surface area (Å²) in [5.41, 5.74) is 4.11. The Kier molecular flexibility index (Phi) is 6.74. The van der Waals surface area contributed by atoms with Crippen molar-refractivity contribution < 1.29 is 18.8 Å². The van der Waals surface area contributed by atoms with Crippen LogP contribution in [0.25, 0.3) is 22.4 Å². The highest BCUT2D eigenvalue weighted by Crippen LogP contribution is 2.28. The van der Waals surface area contributed by atoms with E-state index in [0.29, 0.717) is 47.8 Å².